The molecule has 2 aliphatic heterocycles. The summed E-state index contributed by atoms with van der Waals surface area (Å²) in [6, 6.07) is 4.04. The fraction of sp³-hybridized carbons (Fsp3) is 0.500. The van der Waals surface area contributed by atoms with Gasteiger partial charge in [-0.05, 0) is 36.6 Å². The lowest BCUT2D eigenvalue weighted by molar-refractivity contribution is -0.122. The normalized spacial score (nSPS) is 18.3. The smallest absolute Gasteiger partial charge is 0.233 e. The average molecular weight is 384 g/mol. The van der Waals surface area contributed by atoms with Crippen LogP contribution in [0, 0.1) is 0 Å². The second-order valence-corrected chi connectivity index (χ2v) is 7.35. The summed E-state index contributed by atoms with van der Waals surface area (Å²) in [6.45, 7) is 3.68. The number of ether oxygens (including phenoxy) is 1. The van der Waals surface area contributed by atoms with Crippen LogP contribution in [0.1, 0.15) is 18.4 Å². The van der Waals surface area contributed by atoms with Crippen LogP contribution < -0.4 is 15.4 Å². The number of carbonyl (C=O) groups is 1. The van der Waals surface area contributed by atoms with Gasteiger partial charge in [0.25, 0.3) is 0 Å². The van der Waals surface area contributed by atoms with Gasteiger partial charge < -0.3 is 15.4 Å². The zero-order valence-corrected chi connectivity index (χ0v) is 15.8. The van der Waals surface area contributed by atoms with Gasteiger partial charge in [-0.1, -0.05) is 23.2 Å². The number of nitrogens with one attached hydrogen (secondary N) is 2. The van der Waals surface area contributed by atoms with Gasteiger partial charge in [-0.25, -0.2) is 0 Å². The van der Waals surface area contributed by atoms with Crippen LogP contribution in [0.3, 0.4) is 0 Å². The summed E-state index contributed by atoms with van der Waals surface area (Å²) in [5, 5.41) is 7.43. The van der Waals surface area contributed by atoms with E-state index in [-0.39, 0.29) is 5.91 Å². The fourth-order valence-electron chi connectivity index (χ4n) is 3.22. The van der Waals surface area contributed by atoms with E-state index in [1.54, 1.807) is 13.1 Å². The van der Waals surface area contributed by atoms with Crippen LogP contribution >= 0.6 is 23.2 Å². The quantitative estimate of drug-likeness (QED) is 0.820. The van der Waals surface area contributed by atoms with E-state index >= 15 is 0 Å². The SMILES string of the molecule is CNC(=O)CN1CCC(NCC2=Cc3cc(Cl)cc(Cl)c3OC2)CC1. The van der Waals surface area contributed by atoms with Gasteiger partial charge in [0.1, 0.15) is 12.4 Å². The number of hydrogen-bond donors (Lipinski definition) is 2. The van der Waals surface area contributed by atoms with Crippen molar-refractivity contribution in [2.45, 2.75) is 18.9 Å². The molecule has 7 heteroatoms. The van der Waals surface area contributed by atoms with Crippen molar-refractivity contribution in [3.05, 3.63) is 33.3 Å². The van der Waals surface area contributed by atoms with E-state index in [1.165, 1.54) is 5.57 Å². The number of likely N-dealkylation sites (N-methyl/N-ethyl adjacent to an activating group) is 1. The number of benzene rings is 1. The minimum absolute atomic E-state index is 0.0758. The minimum atomic E-state index is 0.0758. The molecule has 1 amide bonds. The Hall–Kier alpha value is -1.27. The molecule has 2 aliphatic rings. The first-order valence-electron chi connectivity index (χ1n) is 8.53. The number of carbonyl (C=O) groups excluding carboxylic acids is 1. The lowest BCUT2D eigenvalue weighted by Gasteiger charge is -2.32. The zero-order valence-electron chi connectivity index (χ0n) is 14.3. The molecule has 2 heterocycles. The highest BCUT2D eigenvalue weighted by Crippen LogP contribution is 2.36. The second kappa shape index (κ2) is 8.41. The predicted molar refractivity (Wildman–Crippen MR) is 101 cm³/mol. The van der Waals surface area contributed by atoms with Gasteiger partial charge >= 0.3 is 0 Å². The van der Waals surface area contributed by atoms with Crippen LogP contribution in [0.15, 0.2) is 17.7 Å². The molecule has 0 spiro atoms. The summed E-state index contributed by atoms with van der Waals surface area (Å²) in [6.07, 6.45) is 4.18. The Balaban J connectivity index is 1.50. The lowest BCUT2D eigenvalue weighted by atomic mass is 10.0. The van der Waals surface area contributed by atoms with E-state index in [0.29, 0.717) is 35.0 Å². The standard InChI is InChI=1S/C18H23Cl2N3O2/c1-21-17(24)10-23-4-2-15(3-5-23)22-9-12-6-13-7-14(19)8-16(20)18(13)25-11-12/h6-8,15,22H,2-5,9-11H2,1H3,(H,21,24). The number of fused-ring (bicyclic) bond motifs is 1. The highest BCUT2D eigenvalue weighted by atomic mass is 35.5. The molecule has 5 nitrogen and oxygen atoms in total. The number of hydrogen-bond acceptors (Lipinski definition) is 4. The average Bonchev–Trinajstić information content (AvgIpc) is 2.60. The van der Waals surface area contributed by atoms with E-state index in [2.05, 4.69) is 21.6 Å². The Bertz CT molecular complexity index is 671. The van der Waals surface area contributed by atoms with E-state index in [9.17, 15) is 4.79 Å². The van der Waals surface area contributed by atoms with Crippen molar-refractivity contribution in [1.82, 2.24) is 15.5 Å². The maximum atomic E-state index is 11.4. The summed E-state index contributed by atoms with van der Waals surface area (Å²) in [4.78, 5) is 13.6. The van der Waals surface area contributed by atoms with E-state index in [1.807, 2.05) is 6.07 Å². The molecule has 0 saturated carbocycles. The molecule has 0 unspecified atom stereocenters. The molecule has 0 radical (unpaired) electrons. The van der Waals surface area contributed by atoms with Crippen LogP contribution in [0.5, 0.6) is 5.75 Å². The third-order valence-electron chi connectivity index (χ3n) is 4.65. The third kappa shape index (κ3) is 4.88. The number of nitrogens with zero attached hydrogens (tertiary/aromatic N) is 1. The number of piperidine rings is 1. The van der Waals surface area contributed by atoms with Crippen molar-refractivity contribution in [2.24, 2.45) is 0 Å². The molecule has 2 N–H and O–H groups in total. The highest BCUT2D eigenvalue weighted by molar-refractivity contribution is 6.36. The van der Waals surface area contributed by atoms with Crippen LogP contribution in [-0.2, 0) is 4.79 Å². The maximum Gasteiger partial charge on any atom is 0.233 e. The topological polar surface area (TPSA) is 53.6 Å². The van der Waals surface area contributed by atoms with E-state index in [0.717, 1.165) is 38.0 Å². The Kier molecular flexibility index (Phi) is 6.23. The Morgan fingerprint density at radius 3 is 2.80 bits per heavy atom. The number of likely N-dealkylation sites (tertiary alicyclic amines) is 1. The molecule has 3 rings (SSSR count). The molecule has 0 bridgehead atoms. The van der Waals surface area contributed by atoms with Gasteiger partial charge in [0.2, 0.25) is 5.91 Å². The summed E-state index contributed by atoms with van der Waals surface area (Å²) in [5.41, 5.74) is 2.11. The van der Waals surface area contributed by atoms with E-state index in [4.69, 9.17) is 27.9 Å². The lowest BCUT2D eigenvalue weighted by Crippen LogP contribution is -2.46. The minimum Gasteiger partial charge on any atom is -0.487 e. The molecule has 1 fully saturated rings. The van der Waals surface area contributed by atoms with Crippen molar-refractivity contribution in [1.29, 1.82) is 0 Å². The molecule has 1 aromatic carbocycles. The van der Waals surface area contributed by atoms with Crippen LogP contribution in [0.2, 0.25) is 10.0 Å². The zero-order chi connectivity index (χ0) is 17.8. The van der Waals surface area contributed by atoms with Crippen LogP contribution in [-0.4, -0.2) is 56.7 Å². The first-order valence-corrected chi connectivity index (χ1v) is 9.28. The number of rotatable bonds is 5. The van der Waals surface area contributed by atoms with Gasteiger partial charge in [0.05, 0.1) is 11.6 Å². The summed E-state index contributed by atoms with van der Waals surface area (Å²) in [7, 11) is 1.68. The highest BCUT2D eigenvalue weighted by Gasteiger charge is 2.21. The summed E-state index contributed by atoms with van der Waals surface area (Å²) >= 11 is 12.2. The Morgan fingerprint density at radius 1 is 1.32 bits per heavy atom. The second-order valence-electron chi connectivity index (χ2n) is 6.50. The fourth-order valence-corrected chi connectivity index (χ4v) is 3.78. The Morgan fingerprint density at radius 2 is 2.08 bits per heavy atom. The summed E-state index contributed by atoms with van der Waals surface area (Å²) in [5.74, 6) is 0.782. The van der Waals surface area contributed by atoms with Gasteiger partial charge in [0, 0.05) is 43.3 Å². The molecular formula is C18H23Cl2N3O2. The van der Waals surface area contributed by atoms with Gasteiger partial charge in [-0.3, -0.25) is 9.69 Å². The van der Waals surface area contributed by atoms with Crippen molar-refractivity contribution in [3.63, 3.8) is 0 Å². The third-order valence-corrected chi connectivity index (χ3v) is 5.15. The number of amides is 1. The molecule has 0 atom stereocenters. The molecule has 1 saturated heterocycles. The monoisotopic (exact) mass is 383 g/mol. The number of halogens is 2. The Labute approximate surface area is 158 Å². The molecule has 0 aromatic heterocycles. The first kappa shape index (κ1) is 18.5. The van der Waals surface area contributed by atoms with Crippen molar-refractivity contribution < 1.29 is 9.53 Å². The van der Waals surface area contributed by atoms with Gasteiger partial charge in [-0.2, -0.15) is 0 Å². The molecule has 1 aromatic rings. The predicted octanol–water partition coefficient (Wildman–Crippen LogP) is 2.57. The van der Waals surface area contributed by atoms with Crippen LogP contribution in [0.4, 0.5) is 0 Å². The largest absolute Gasteiger partial charge is 0.487 e. The van der Waals surface area contributed by atoms with Gasteiger partial charge in [0.15, 0.2) is 0 Å². The van der Waals surface area contributed by atoms with E-state index < -0.39 is 0 Å². The van der Waals surface area contributed by atoms with Crippen molar-refractivity contribution >= 4 is 35.2 Å². The van der Waals surface area contributed by atoms with Crippen molar-refractivity contribution in [2.75, 3.05) is 39.8 Å². The maximum absolute atomic E-state index is 11.4. The van der Waals surface area contributed by atoms with Gasteiger partial charge in [-0.15, -0.1) is 0 Å². The molecule has 0 aliphatic carbocycles. The molecule has 25 heavy (non-hydrogen) atoms. The van der Waals surface area contributed by atoms with Crippen LogP contribution in [0.25, 0.3) is 6.08 Å². The molecular weight excluding hydrogens is 361 g/mol. The first-order chi connectivity index (χ1) is 12.0. The molecule has 136 valence electrons. The summed E-state index contributed by atoms with van der Waals surface area (Å²) < 4.78 is 5.78. The van der Waals surface area contributed by atoms with Crippen molar-refractivity contribution in [3.8, 4) is 5.75 Å².